The largest absolute Gasteiger partial charge is 0.242 e. The van der Waals surface area contributed by atoms with E-state index in [1.165, 1.54) is 0 Å². The van der Waals surface area contributed by atoms with Crippen LogP contribution in [0.5, 0.6) is 0 Å². The van der Waals surface area contributed by atoms with Crippen LogP contribution in [0.25, 0.3) is 0 Å². The highest BCUT2D eigenvalue weighted by Crippen LogP contribution is 2.29. The number of hydrogen-bond donors (Lipinski definition) is 1. The summed E-state index contributed by atoms with van der Waals surface area (Å²) in [4.78, 5) is 0.215. The molecular weight excluding hydrogens is 417 g/mol. The quantitative estimate of drug-likeness (QED) is 0.707. The Morgan fingerprint density at radius 1 is 1.26 bits per heavy atom. The number of halogens is 3. The van der Waals surface area contributed by atoms with Crippen molar-refractivity contribution in [3.63, 3.8) is 0 Å². The Morgan fingerprint density at radius 2 is 1.84 bits per heavy atom. The van der Waals surface area contributed by atoms with Crippen LogP contribution >= 0.6 is 43.5 Å². The zero-order valence-electron chi connectivity index (χ0n) is 10.9. The number of benzene rings is 1. The molecule has 7 heteroatoms. The molecular formula is C12H16Br2ClNO2S. The molecule has 0 spiro atoms. The number of hydrogen-bond acceptors (Lipinski definition) is 2. The summed E-state index contributed by atoms with van der Waals surface area (Å²) in [6, 6.07) is 3.37. The second-order valence-electron chi connectivity index (χ2n) is 4.96. The van der Waals surface area contributed by atoms with Crippen LogP contribution in [-0.4, -0.2) is 19.8 Å². The van der Waals surface area contributed by atoms with E-state index in [0.29, 0.717) is 16.8 Å². The van der Waals surface area contributed by atoms with Crippen LogP contribution in [-0.2, 0) is 10.0 Å². The third-order valence-corrected chi connectivity index (χ3v) is 6.33. The lowest BCUT2D eigenvalue weighted by molar-refractivity contribution is 0.441. The van der Waals surface area contributed by atoms with Gasteiger partial charge >= 0.3 is 0 Å². The Bertz CT molecular complexity index is 573. The van der Waals surface area contributed by atoms with E-state index in [9.17, 15) is 8.42 Å². The van der Waals surface area contributed by atoms with Crippen molar-refractivity contribution in [3.05, 3.63) is 26.6 Å². The average Bonchev–Trinajstić information content (AvgIpc) is 2.21. The monoisotopic (exact) mass is 431 g/mol. The van der Waals surface area contributed by atoms with Gasteiger partial charge in [0.2, 0.25) is 10.0 Å². The smallest absolute Gasteiger partial charge is 0.207 e. The molecule has 1 aromatic rings. The number of nitrogens with one attached hydrogen (secondary N) is 1. The van der Waals surface area contributed by atoms with E-state index in [0.717, 1.165) is 10.0 Å². The minimum atomic E-state index is -3.60. The van der Waals surface area contributed by atoms with Crippen molar-refractivity contribution < 1.29 is 8.42 Å². The lowest BCUT2D eigenvalue weighted by atomic mass is 10.0. The fraction of sp³-hybridized carbons (Fsp3) is 0.500. The van der Waals surface area contributed by atoms with Crippen molar-refractivity contribution >= 4 is 53.5 Å². The Kier molecular flexibility index (Phi) is 5.90. The third-order valence-electron chi connectivity index (χ3n) is 2.63. The van der Waals surface area contributed by atoms with Gasteiger partial charge in [-0.05, 0) is 60.8 Å². The predicted octanol–water partition coefficient (Wildman–Crippen LogP) is 4.21. The van der Waals surface area contributed by atoms with Gasteiger partial charge in [-0.1, -0.05) is 15.9 Å². The van der Waals surface area contributed by atoms with E-state index in [1.54, 1.807) is 12.1 Å². The van der Waals surface area contributed by atoms with Gasteiger partial charge in [0, 0.05) is 20.4 Å². The van der Waals surface area contributed by atoms with E-state index in [2.05, 4.69) is 36.6 Å². The molecule has 1 aromatic carbocycles. The zero-order chi connectivity index (χ0) is 14.8. The van der Waals surface area contributed by atoms with E-state index in [-0.39, 0.29) is 4.90 Å². The number of alkyl halides is 1. The van der Waals surface area contributed by atoms with Crippen molar-refractivity contribution in [2.75, 3.05) is 5.88 Å². The highest BCUT2D eigenvalue weighted by atomic mass is 79.9. The van der Waals surface area contributed by atoms with Crippen LogP contribution < -0.4 is 4.72 Å². The van der Waals surface area contributed by atoms with Crippen LogP contribution in [0.15, 0.2) is 26.0 Å². The summed E-state index contributed by atoms with van der Waals surface area (Å²) >= 11 is 12.3. The van der Waals surface area contributed by atoms with Crippen LogP contribution in [0, 0.1) is 6.92 Å². The summed E-state index contributed by atoms with van der Waals surface area (Å²) in [5.41, 5.74) is 0.378. The summed E-state index contributed by atoms with van der Waals surface area (Å²) in [6.07, 6.45) is 0.554. The molecule has 19 heavy (non-hydrogen) atoms. The minimum Gasteiger partial charge on any atom is -0.207 e. The minimum absolute atomic E-state index is 0.215. The van der Waals surface area contributed by atoms with E-state index >= 15 is 0 Å². The first-order valence-corrected chi connectivity index (χ1v) is 9.25. The molecule has 0 radical (unpaired) electrons. The van der Waals surface area contributed by atoms with Gasteiger partial charge < -0.3 is 0 Å². The summed E-state index contributed by atoms with van der Waals surface area (Å²) < 4.78 is 28.8. The van der Waals surface area contributed by atoms with Crippen molar-refractivity contribution in [2.24, 2.45) is 0 Å². The van der Waals surface area contributed by atoms with Crippen molar-refractivity contribution in [3.8, 4) is 0 Å². The molecule has 0 saturated carbocycles. The van der Waals surface area contributed by atoms with Crippen LogP contribution in [0.4, 0.5) is 0 Å². The number of rotatable bonds is 5. The van der Waals surface area contributed by atoms with Gasteiger partial charge in [-0.15, -0.1) is 11.6 Å². The van der Waals surface area contributed by atoms with Crippen LogP contribution in [0.1, 0.15) is 25.8 Å². The maximum absolute atomic E-state index is 12.4. The molecule has 0 aliphatic heterocycles. The van der Waals surface area contributed by atoms with E-state index in [4.69, 9.17) is 11.6 Å². The van der Waals surface area contributed by atoms with Crippen LogP contribution in [0.2, 0.25) is 0 Å². The summed E-state index contributed by atoms with van der Waals surface area (Å²) in [5, 5.41) is 0. The second kappa shape index (κ2) is 6.43. The van der Waals surface area contributed by atoms with E-state index < -0.39 is 15.6 Å². The first-order chi connectivity index (χ1) is 8.59. The zero-order valence-corrected chi connectivity index (χ0v) is 15.7. The molecule has 0 aromatic heterocycles. The molecule has 0 unspecified atom stereocenters. The first kappa shape index (κ1) is 17.4. The van der Waals surface area contributed by atoms with Gasteiger partial charge in [-0.25, -0.2) is 13.1 Å². The molecule has 1 N–H and O–H groups in total. The summed E-state index contributed by atoms with van der Waals surface area (Å²) in [6.45, 7) is 5.52. The van der Waals surface area contributed by atoms with Gasteiger partial charge in [0.25, 0.3) is 0 Å². The molecule has 0 aliphatic carbocycles. The summed E-state index contributed by atoms with van der Waals surface area (Å²) in [5.74, 6) is 0.397. The number of sulfonamides is 1. The highest BCUT2D eigenvalue weighted by molar-refractivity contribution is 9.11. The maximum Gasteiger partial charge on any atom is 0.242 e. The Hall–Kier alpha value is 0.380. The second-order valence-corrected chi connectivity index (χ2v) is 8.70. The van der Waals surface area contributed by atoms with E-state index in [1.807, 2.05) is 20.8 Å². The molecule has 0 atom stereocenters. The van der Waals surface area contributed by atoms with Crippen molar-refractivity contribution in [1.82, 2.24) is 4.72 Å². The van der Waals surface area contributed by atoms with Gasteiger partial charge in [0.1, 0.15) is 0 Å². The maximum atomic E-state index is 12.4. The van der Waals surface area contributed by atoms with Crippen molar-refractivity contribution in [2.45, 2.75) is 37.6 Å². The average molecular weight is 434 g/mol. The predicted molar refractivity (Wildman–Crippen MR) is 86.3 cm³/mol. The first-order valence-electron chi connectivity index (χ1n) is 5.65. The summed E-state index contributed by atoms with van der Waals surface area (Å²) in [7, 11) is -3.60. The van der Waals surface area contributed by atoms with Gasteiger partial charge in [-0.3, -0.25) is 0 Å². The third kappa shape index (κ3) is 4.70. The van der Waals surface area contributed by atoms with Gasteiger partial charge in [-0.2, -0.15) is 0 Å². The fourth-order valence-electron chi connectivity index (χ4n) is 1.54. The molecule has 0 fully saturated rings. The highest BCUT2D eigenvalue weighted by Gasteiger charge is 2.27. The molecule has 0 saturated heterocycles. The van der Waals surface area contributed by atoms with Crippen molar-refractivity contribution in [1.29, 1.82) is 0 Å². The Morgan fingerprint density at radius 3 is 2.37 bits per heavy atom. The Balaban J connectivity index is 3.18. The Labute approximate surface area is 136 Å². The molecule has 0 amide bonds. The lowest BCUT2D eigenvalue weighted by Crippen LogP contribution is -2.43. The number of aryl methyl sites for hydroxylation is 1. The van der Waals surface area contributed by atoms with Gasteiger partial charge in [0.15, 0.2) is 0 Å². The van der Waals surface area contributed by atoms with Crippen LogP contribution in [0.3, 0.4) is 0 Å². The normalized spacial score (nSPS) is 12.7. The lowest BCUT2D eigenvalue weighted by Gasteiger charge is -2.25. The molecule has 108 valence electrons. The molecule has 0 heterocycles. The topological polar surface area (TPSA) is 46.2 Å². The van der Waals surface area contributed by atoms with Gasteiger partial charge in [0.05, 0.1) is 4.90 Å². The molecule has 1 rings (SSSR count). The molecule has 0 aliphatic rings. The standard InChI is InChI=1S/C12H16Br2ClNO2S/c1-8-6-10(14)11(7-9(8)13)19(17,18)16-12(2,3)4-5-15/h6-7,16H,4-5H2,1-3H3. The molecule has 3 nitrogen and oxygen atoms in total. The fourth-order valence-corrected chi connectivity index (χ4v) is 5.13. The SMILES string of the molecule is Cc1cc(Br)c(S(=O)(=O)NC(C)(C)CCCl)cc1Br. The molecule has 0 bridgehead atoms.